The number of carbonyl (C=O) groups is 2. The van der Waals surface area contributed by atoms with Crippen LogP contribution >= 0.6 is 11.8 Å². The molecule has 0 bridgehead atoms. The highest BCUT2D eigenvalue weighted by atomic mass is 32.2. The number of benzene rings is 2. The number of thioether (sulfide) groups is 1. The lowest BCUT2D eigenvalue weighted by molar-refractivity contribution is -0.384. The highest BCUT2D eigenvalue weighted by Gasteiger charge is 2.54. The molecule has 2 aromatic rings. The number of rotatable bonds is 7. The first-order valence-corrected chi connectivity index (χ1v) is 10.4. The van der Waals surface area contributed by atoms with Gasteiger partial charge in [-0.25, -0.2) is 4.79 Å². The Labute approximate surface area is 172 Å². The van der Waals surface area contributed by atoms with Crippen molar-refractivity contribution in [1.82, 2.24) is 4.90 Å². The zero-order valence-corrected chi connectivity index (χ0v) is 16.4. The minimum Gasteiger partial charge on any atom is -0.459 e. The quantitative estimate of drug-likeness (QED) is 0.300. The van der Waals surface area contributed by atoms with E-state index in [1.165, 1.54) is 17.7 Å². The van der Waals surface area contributed by atoms with E-state index in [2.05, 4.69) is 0 Å². The number of hydrogen-bond donors (Lipinski definition) is 0. The van der Waals surface area contributed by atoms with E-state index < -0.39 is 16.9 Å². The van der Waals surface area contributed by atoms with Crippen molar-refractivity contribution >= 4 is 29.3 Å². The van der Waals surface area contributed by atoms with Gasteiger partial charge in [-0.2, -0.15) is 11.8 Å². The maximum absolute atomic E-state index is 12.8. The number of carbonyl (C=O) groups excluding carboxylic acids is 2. The summed E-state index contributed by atoms with van der Waals surface area (Å²) in [6.45, 7) is 0.0239. The molecule has 29 heavy (non-hydrogen) atoms. The first-order valence-electron chi connectivity index (χ1n) is 9.39. The number of ether oxygens (including phenoxy) is 1. The van der Waals surface area contributed by atoms with Gasteiger partial charge < -0.3 is 9.64 Å². The van der Waals surface area contributed by atoms with Crippen LogP contribution in [0.3, 0.4) is 0 Å². The van der Waals surface area contributed by atoms with E-state index in [1.807, 2.05) is 30.3 Å². The maximum atomic E-state index is 12.8. The van der Waals surface area contributed by atoms with Crippen molar-refractivity contribution < 1.29 is 19.2 Å². The first-order chi connectivity index (χ1) is 14.0. The molecule has 7 nitrogen and oxygen atoms in total. The molecule has 150 valence electrons. The van der Waals surface area contributed by atoms with Crippen LogP contribution in [0, 0.1) is 10.1 Å². The fourth-order valence-electron chi connectivity index (χ4n) is 3.81. The summed E-state index contributed by atoms with van der Waals surface area (Å²) in [7, 11) is 0. The van der Waals surface area contributed by atoms with Crippen molar-refractivity contribution in [3.8, 4) is 0 Å². The Kier molecular flexibility index (Phi) is 5.53. The number of fused-ring (bicyclic) bond motifs is 1. The van der Waals surface area contributed by atoms with Crippen LogP contribution in [0.15, 0.2) is 54.6 Å². The van der Waals surface area contributed by atoms with E-state index in [-0.39, 0.29) is 29.5 Å². The first kappa shape index (κ1) is 19.4. The molecule has 0 N–H and O–H groups in total. The Morgan fingerprint density at radius 2 is 1.86 bits per heavy atom. The summed E-state index contributed by atoms with van der Waals surface area (Å²) in [6, 6.07) is 15.5. The Bertz CT molecular complexity index is 918. The molecule has 2 aliphatic rings. The Morgan fingerprint density at radius 3 is 2.52 bits per heavy atom. The highest BCUT2D eigenvalue weighted by Crippen LogP contribution is 2.42. The van der Waals surface area contributed by atoms with Crippen molar-refractivity contribution in [2.45, 2.75) is 42.5 Å². The summed E-state index contributed by atoms with van der Waals surface area (Å²) >= 11 is 1.68. The van der Waals surface area contributed by atoms with E-state index in [1.54, 1.807) is 28.8 Å². The Balaban J connectivity index is 1.39. The van der Waals surface area contributed by atoms with Gasteiger partial charge >= 0.3 is 5.97 Å². The van der Waals surface area contributed by atoms with E-state index >= 15 is 0 Å². The topological polar surface area (TPSA) is 89.7 Å². The third kappa shape index (κ3) is 4.12. The molecule has 0 saturated carbocycles. The van der Waals surface area contributed by atoms with Gasteiger partial charge in [-0.1, -0.05) is 30.3 Å². The molecule has 2 aromatic carbocycles. The Morgan fingerprint density at radius 1 is 1.14 bits per heavy atom. The molecule has 4 rings (SSSR count). The molecule has 0 radical (unpaired) electrons. The summed E-state index contributed by atoms with van der Waals surface area (Å²) in [5.74, 6) is 0.353. The summed E-state index contributed by atoms with van der Waals surface area (Å²) < 4.78 is 5.48. The van der Waals surface area contributed by atoms with Gasteiger partial charge in [-0.05, 0) is 29.7 Å². The number of nitro benzene ring substituents is 1. The van der Waals surface area contributed by atoms with Gasteiger partial charge in [0.1, 0.15) is 12.6 Å². The average molecular weight is 412 g/mol. The second-order valence-corrected chi connectivity index (χ2v) is 8.43. The zero-order chi connectivity index (χ0) is 20.4. The van der Waals surface area contributed by atoms with Crippen LogP contribution in [-0.2, 0) is 26.7 Å². The number of esters is 1. The maximum Gasteiger partial charge on any atom is 0.330 e. The van der Waals surface area contributed by atoms with E-state index in [0.29, 0.717) is 12.0 Å². The molecule has 0 aliphatic carbocycles. The molecular formula is C21H20N2O5S. The minimum atomic E-state index is -0.576. The van der Waals surface area contributed by atoms with Crippen molar-refractivity contribution in [3.63, 3.8) is 0 Å². The van der Waals surface area contributed by atoms with E-state index in [0.717, 1.165) is 12.2 Å². The molecule has 3 atom stereocenters. The van der Waals surface area contributed by atoms with Crippen molar-refractivity contribution in [2.24, 2.45) is 0 Å². The van der Waals surface area contributed by atoms with Crippen LogP contribution in [0.2, 0.25) is 0 Å². The van der Waals surface area contributed by atoms with Gasteiger partial charge in [0.15, 0.2) is 0 Å². The molecule has 0 spiro atoms. The normalized spacial score (nSPS) is 22.7. The van der Waals surface area contributed by atoms with Crippen LogP contribution in [0.25, 0.3) is 0 Å². The van der Waals surface area contributed by atoms with Crippen LogP contribution in [0.4, 0.5) is 5.69 Å². The van der Waals surface area contributed by atoms with Crippen LogP contribution in [-0.4, -0.2) is 39.0 Å². The molecule has 0 aromatic heterocycles. The van der Waals surface area contributed by atoms with Gasteiger partial charge in [0, 0.05) is 35.6 Å². The standard InChI is InChI=1S/C21H20N2O5S/c24-19-11-17-10-18(29-13-15-4-2-1-3-5-15)20(22(17)19)21(25)28-12-14-6-8-16(9-7-14)23(26)27/h1-9,17-18,20H,10-13H2/t17?,18-,20-/m0/s1. The van der Waals surface area contributed by atoms with Gasteiger partial charge in [-0.15, -0.1) is 0 Å². The molecular weight excluding hydrogens is 392 g/mol. The monoisotopic (exact) mass is 412 g/mol. The summed E-state index contributed by atoms with van der Waals surface area (Å²) in [6.07, 6.45) is 1.29. The van der Waals surface area contributed by atoms with Gasteiger partial charge in [0.05, 0.1) is 4.92 Å². The van der Waals surface area contributed by atoms with Crippen molar-refractivity contribution in [3.05, 3.63) is 75.8 Å². The number of β-lactam (4-membered cyclic amide) rings is 1. The third-order valence-electron chi connectivity index (χ3n) is 5.32. The summed E-state index contributed by atoms with van der Waals surface area (Å²) in [5.41, 5.74) is 1.83. The zero-order valence-electron chi connectivity index (χ0n) is 15.6. The van der Waals surface area contributed by atoms with E-state index in [4.69, 9.17) is 4.74 Å². The molecule has 8 heteroatoms. The smallest absolute Gasteiger partial charge is 0.330 e. The lowest BCUT2D eigenvalue weighted by atomic mass is 10.0. The van der Waals surface area contributed by atoms with Crippen LogP contribution in [0.5, 0.6) is 0 Å². The van der Waals surface area contributed by atoms with Crippen molar-refractivity contribution in [1.29, 1.82) is 0 Å². The van der Waals surface area contributed by atoms with Gasteiger partial charge in [-0.3, -0.25) is 14.9 Å². The molecule has 2 saturated heterocycles. The fourth-order valence-corrected chi connectivity index (χ4v) is 5.19. The van der Waals surface area contributed by atoms with Crippen molar-refractivity contribution in [2.75, 3.05) is 0 Å². The number of non-ortho nitro benzene ring substituents is 1. The largest absolute Gasteiger partial charge is 0.459 e. The second-order valence-electron chi connectivity index (χ2n) is 7.21. The summed E-state index contributed by atoms with van der Waals surface area (Å²) in [5, 5.41) is 10.7. The highest BCUT2D eigenvalue weighted by molar-refractivity contribution is 7.99. The number of nitrogens with zero attached hydrogens (tertiary/aromatic N) is 2. The SMILES string of the molecule is O=C(OCc1ccc([N+](=O)[O-])cc1)[C@@H]1[C@@H](SCc2ccccc2)CC2CC(=O)N21. The predicted molar refractivity (Wildman–Crippen MR) is 108 cm³/mol. The third-order valence-corrected chi connectivity index (χ3v) is 6.70. The lowest BCUT2D eigenvalue weighted by Crippen LogP contribution is -2.55. The fraction of sp³-hybridized carbons (Fsp3) is 0.333. The number of hydrogen-bond acceptors (Lipinski definition) is 6. The number of nitro groups is 1. The minimum absolute atomic E-state index is 0.00369. The molecule has 1 amide bonds. The molecule has 2 heterocycles. The Hall–Kier alpha value is -2.87. The average Bonchev–Trinajstić information content (AvgIpc) is 3.03. The van der Waals surface area contributed by atoms with Crippen LogP contribution < -0.4 is 0 Å². The van der Waals surface area contributed by atoms with Gasteiger partial charge in [0.25, 0.3) is 5.69 Å². The molecule has 2 aliphatic heterocycles. The second kappa shape index (κ2) is 8.24. The lowest BCUT2D eigenvalue weighted by Gasteiger charge is -2.37. The molecule has 2 fully saturated rings. The van der Waals surface area contributed by atoms with E-state index in [9.17, 15) is 19.7 Å². The number of amides is 1. The molecule has 1 unspecified atom stereocenters. The summed E-state index contributed by atoms with van der Waals surface area (Å²) in [4.78, 5) is 36.8. The van der Waals surface area contributed by atoms with Gasteiger partial charge in [0.2, 0.25) is 5.91 Å². The predicted octanol–water partition coefficient (Wildman–Crippen LogP) is 3.31. The van der Waals surface area contributed by atoms with Crippen LogP contribution in [0.1, 0.15) is 24.0 Å².